The monoisotopic (exact) mass is 217 g/mol. The summed E-state index contributed by atoms with van der Waals surface area (Å²) in [4.78, 5) is 13.5. The number of fused-ring (bicyclic) bond motifs is 1. The Labute approximate surface area is 95.0 Å². The first-order valence-corrected chi connectivity index (χ1v) is 5.83. The maximum Gasteiger partial charge on any atom is 0.410 e. The van der Waals surface area contributed by atoms with Crippen LogP contribution in [0.4, 0.5) is 4.79 Å². The van der Waals surface area contributed by atoms with Crippen LogP contribution in [0.2, 0.25) is 0 Å². The van der Waals surface area contributed by atoms with Gasteiger partial charge in [-0.05, 0) is 24.8 Å². The van der Waals surface area contributed by atoms with Crippen LogP contribution in [0, 0.1) is 0 Å². The predicted molar refractivity (Wildman–Crippen MR) is 60.1 cm³/mol. The van der Waals surface area contributed by atoms with E-state index in [-0.39, 0.29) is 6.09 Å². The van der Waals surface area contributed by atoms with E-state index in [0.717, 1.165) is 19.3 Å². The molecule has 2 aliphatic rings. The van der Waals surface area contributed by atoms with E-state index in [1.807, 2.05) is 23.1 Å². The van der Waals surface area contributed by atoms with Crippen molar-refractivity contribution >= 4 is 6.09 Å². The Morgan fingerprint density at radius 2 is 2.06 bits per heavy atom. The molecular formula is C13H15NO2. The van der Waals surface area contributed by atoms with Crippen LogP contribution in [0.25, 0.3) is 0 Å². The molecule has 2 heterocycles. The highest BCUT2D eigenvalue weighted by atomic mass is 16.6. The number of cyclic esters (lactones) is 1. The zero-order valence-corrected chi connectivity index (χ0v) is 9.13. The van der Waals surface area contributed by atoms with Crippen molar-refractivity contribution in [2.24, 2.45) is 0 Å². The van der Waals surface area contributed by atoms with E-state index in [2.05, 4.69) is 12.1 Å². The molecule has 1 aromatic carbocycles. The van der Waals surface area contributed by atoms with Gasteiger partial charge in [-0.1, -0.05) is 30.3 Å². The number of ether oxygens (including phenoxy) is 1. The molecule has 0 unspecified atom stereocenters. The second kappa shape index (κ2) is 3.81. The number of hydrogen-bond donors (Lipinski definition) is 0. The minimum absolute atomic E-state index is 0.122. The number of nitrogens with zero attached hydrogens (tertiary/aromatic N) is 1. The van der Waals surface area contributed by atoms with Gasteiger partial charge in [-0.2, -0.15) is 0 Å². The summed E-state index contributed by atoms with van der Waals surface area (Å²) in [5, 5.41) is 0. The summed E-state index contributed by atoms with van der Waals surface area (Å²) in [5.74, 6) is 0. The number of hydrogen-bond acceptors (Lipinski definition) is 2. The van der Waals surface area contributed by atoms with Crippen LogP contribution in [0.1, 0.15) is 18.4 Å². The maximum atomic E-state index is 11.6. The summed E-state index contributed by atoms with van der Waals surface area (Å²) < 4.78 is 5.07. The van der Waals surface area contributed by atoms with E-state index in [9.17, 15) is 4.79 Å². The maximum absolute atomic E-state index is 11.6. The Balaban J connectivity index is 1.74. The fourth-order valence-electron chi connectivity index (χ4n) is 2.75. The summed E-state index contributed by atoms with van der Waals surface area (Å²) in [5.41, 5.74) is 1.30. The highest BCUT2D eigenvalue weighted by Crippen LogP contribution is 2.31. The van der Waals surface area contributed by atoms with Gasteiger partial charge in [0.25, 0.3) is 0 Å². The minimum atomic E-state index is -0.122. The number of amides is 1. The molecule has 0 spiro atoms. The molecule has 84 valence electrons. The quantitative estimate of drug-likeness (QED) is 0.760. The van der Waals surface area contributed by atoms with Crippen molar-refractivity contribution in [1.29, 1.82) is 0 Å². The van der Waals surface area contributed by atoms with Gasteiger partial charge in [0, 0.05) is 6.04 Å². The van der Waals surface area contributed by atoms with Gasteiger partial charge in [-0.25, -0.2) is 4.79 Å². The molecule has 0 aromatic heterocycles. The lowest BCUT2D eigenvalue weighted by Gasteiger charge is -2.21. The number of carbonyl (C=O) groups is 1. The lowest BCUT2D eigenvalue weighted by molar-refractivity contribution is 0.149. The van der Waals surface area contributed by atoms with Crippen LogP contribution >= 0.6 is 0 Å². The standard InChI is InChI=1S/C13H15NO2/c15-13-14-11(6-7-12(14)9-16-13)8-10-4-2-1-3-5-10/h1-5,11-12H,6-9H2/t11-,12-/m0/s1. The van der Waals surface area contributed by atoms with Crippen LogP contribution in [-0.4, -0.2) is 29.7 Å². The molecule has 0 N–H and O–H groups in total. The average Bonchev–Trinajstić information content (AvgIpc) is 2.86. The first-order chi connectivity index (χ1) is 7.84. The summed E-state index contributed by atoms with van der Waals surface area (Å²) in [6, 6.07) is 11.0. The largest absolute Gasteiger partial charge is 0.447 e. The molecule has 0 saturated carbocycles. The SMILES string of the molecule is O=C1OC[C@@H]2CC[C@@H](Cc3ccccc3)N12. The second-order valence-corrected chi connectivity index (χ2v) is 4.56. The van der Waals surface area contributed by atoms with Gasteiger partial charge in [0.05, 0.1) is 6.04 Å². The van der Waals surface area contributed by atoms with Crippen molar-refractivity contribution < 1.29 is 9.53 Å². The first kappa shape index (κ1) is 9.70. The summed E-state index contributed by atoms with van der Waals surface area (Å²) >= 11 is 0. The lowest BCUT2D eigenvalue weighted by atomic mass is 10.0. The highest BCUT2D eigenvalue weighted by molar-refractivity contribution is 5.71. The highest BCUT2D eigenvalue weighted by Gasteiger charge is 2.42. The van der Waals surface area contributed by atoms with E-state index in [4.69, 9.17) is 4.74 Å². The van der Waals surface area contributed by atoms with Crippen LogP contribution in [0.5, 0.6) is 0 Å². The zero-order chi connectivity index (χ0) is 11.0. The Kier molecular flexibility index (Phi) is 2.31. The van der Waals surface area contributed by atoms with Gasteiger partial charge in [0.2, 0.25) is 0 Å². The number of rotatable bonds is 2. The Bertz CT molecular complexity index is 390. The van der Waals surface area contributed by atoms with Crippen LogP contribution in [0.3, 0.4) is 0 Å². The van der Waals surface area contributed by atoms with E-state index >= 15 is 0 Å². The van der Waals surface area contributed by atoms with Crippen molar-refractivity contribution in [3.63, 3.8) is 0 Å². The van der Waals surface area contributed by atoms with Gasteiger partial charge >= 0.3 is 6.09 Å². The molecule has 0 aliphatic carbocycles. The smallest absolute Gasteiger partial charge is 0.410 e. The minimum Gasteiger partial charge on any atom is -0.447 e. The third-order valence-electron chi connectivity index (χ3n) is 3.54. The van der Waals surface area contributed by atoms with Crippen molar-refractivity contribution in [3.05, 3.63) is 35.9 Å². The Morgan fingerprint density at radius 1 is 1.25 bits per heavy atom. The van der Waals surface area contributed by atoms with Crippen LogP contribution in [-0.2, 0) is 11.2 Å². The van der Waals surface area contributed by atoms with E-state index < -0.39 is 0 Å². The third kappa shape index (κ3) is 1.56. The Morgan fingerprint density at radius 3 is 2.88 bits per heavy atom. The second-order valence-electron chi connectivity index (χ2n) is 4.56. The fourth-order valence-corrected chi connectivity index (χ4v) is 2.75. The summed E-state index contributed by atoms with van der Waals surface area (Å²) in [7, 11) is 0. The molecule has 0 radical (unpaired) electrons. The molecule has 16 heavy (non-hydrogen) atoms. The van der Waals surface area contributed by atoms with Gasteiger partial charge in [0.15, 0.2) is 0 Å². The van der Waals surface area contributed by atoms with Gasteiger partial charge in [0.1, 0.15) is 6.61 Å². The van der Waals surface area contributed by atoms with E-state index in [1.54, 1.807) is 0 Å². The lowest BCUT2D eigenvalue weighted by Crippen LogP contribution is -2.36. The van der Waals surface area contributed by atoms with E-state index in [1.165, 1.54) is 5.56 Å². The Hall–Kier alpha value is -1.51. The number of benzene rings is 1. The average molecular weight is 217 g/mol. The van der Waals surface area contributed by atoms with Crippen LogP contribution in [0.15, 0.2) is 30.3 Å². The van der Waals surface area contributed by atoms with Crippen LogP contribution < -0.4 is 0 Å². The third-order valence-corrected chi connectivity index (χ3v) is 3.54. The molecule has 2 saturated heterocycles. The summed E-state index contributed by atoms with van der Waals surface area (Å²) in [6.07, 6.45) is 3.02. The topological polar surface area (TPSA) is 29.5 Å². The summed E-state index contributed by atoms with van der Waals surface area (Å²) in [6.45, 7) is 0.587. The van der Waals surface area contributed by atoms with Crippen molar-refractivity contribution in [3.8, 4) is 0 Å². The van der Waals surface area contributed by atoms with Crippen molar-refractivity contribution in [2.45, 2.75) is 31.3 Å². The molecule has 2 aliphatic heterocycles. The van der Waals surface area contributed by atoms with Crippen molar-refractivity contribution in [2.75, 3.05) is 6.61 Å². The molecule has 2 fully saturated rings. The van der Waals surface area contributed by atoms with Gasteiger partial charge in [-0.15, -0.1) is 0 Å². The first-order valence-electron chi connectivity index (χ1n) is 5.83. The van der Waals surface area contributed by atoms with Gasteiger partial charge in [-0.3, -0.25) is 4.90 Å². The molecular weight excluding hydrogens is 202 g/mol. The van der Waals surface area contributed by atoms with Crippen molar-refractivity contribution in [1.82, 2.24) is 4.90 Å². The van der Waals surface area contributed by atoms with Gasteiger partial charge < -0.3 is 4.74 Å². The molecule has 2 atom stereocenters. The normalized spacial score (nSPS) is 28.0. The molecule has 3 rings (SSSR count). The predicted octanol–water partition coefficient (Wildman–Crippen LogP) is 2.21. The number of carbonyl (C=O) groups excluding carboxylic acids is 1. The van der Waals surface area contributed by atoms with E-state index in [0.29, 0.717) is 18.7 Å². The fraction of sp³-hybridized carbons (Fsp3) is 0.462. The molecule has 1 amide bonds. The zero-order valence-electron chi connectivity index (χ0n) is 9.13. The molecule has 3 nitrogen and oxygen atoms in total. The molecule has 1 aromatic rings. The molecule has 0 bridgehead atoms. The molecule has 3 heteroatoms.